The average molecular weight is 314 g/mol. The summed E-state index contributed by atoms with van der Waals surface area (Å²) in [4.78, 5) is 0. The maximum atomic E-state index is 5.76. The molecule has 1 atom stereocenters. The fourth-order valence-corrected chi connectivity index (χ4v) is 2.40. The van der Waals surface area contributed by atoms with E-state index in [4.69, 9.17) is 9.47 Å². The second kappa shape index (κ2) is 7.12. The van der Waals surface area contributed by atoms with Gasteiger partial charge in [-0.05, 0) is 31.0 Å². The summed E-state index contributed by atoms with van der Waals surface area (Å²) in [6.07, 6.45) is 2.12. The van der Waals surface area contributed by atoms with Crippen LogP contribution in [-0.2, 0) is 11.3 Å². The van der Waals surface area contributed by atoms with Crippen LogP contribution in [0, 0.1) is 0 Å². The molecule has 1 heterocycles. The minimum absolute atomic E-state index is 0.475. The van der Waals surface area contributed by atoms with Crippen LogP contribution in [0.15, 0.2) is 22.7 Å². The molecule has 1 fully saturated rings. The van der Waals surface area contributed by atoms with Gasteiger partial charge in [0.2, 0.25) is 0 Å². The molecule has 0 aliphatic carbocycles. The lowest BCUT2D eigenvalue weighted by atomic mass is 10.1. The molecule has 0 radical (unpaired) electrons. The van der Waals surface area contributed by atoms with Gasteiger partial charge in [-0.15, -0.1) is 0 Å². The van der Waals surface area contributed by atoms with E-state index in [0.717, 1.165) is 49.4 Å². The van der Waals surface area contributed by atoms with Crippen molar-refractivity contribution in [3.05, 3.63) is 28.2 Å². The molecule has 0 amide bonds. The number of halogens is 1. The molecule has 1 aliphatic rings. The highest BCUT2D eigenvalue weighted by Gasteiger charge is 2.15. The van der Waals surface area contributed by atoms with E-state index in [1.807, 2.05) is 12.1 Å². The quantitative estimate of drug-likeness (QED) is 0.875. The molecule has 0 bridgehead atoms. The van der Waals surface area contributed by atoms with Gasteiger partial charge in [-0.2, -0.15) is 0 Å². The van der Waals surface area contributed by atoms with E-state index in [1.165, 1.54) is 5.56 Å². The van der Waals surface area contributed by atoms with Gasteiger partial charge < -0.3 is 14.8 Å². The monoisotopic (exact) mass is 313 g/mol. The third kappa shape index (κ3) is 3.97. The third-order valence-electron chi connectivity index (χ3n) is 3.00. The number of nitrogens with one attached hydrogen (secondary N) is 1. The molecule has 3 nitrogen and oxygen atoms in total. The summed E-state index contributed by atoms with van der Waals surface area (Å²) in [7, 11) is 0. The molecule has 1 aromatic carbocycles. The van der Waals surface area contributed by atoms with Crippen LogP contribution in [0.3, 0.4) is 0 Å². The molecule has 1 aromatic rings. The zero-order chi connectivity index (χ0) is 12.8. The van der Waals surface area contributed by atoms with Crippen LogP contribution in [0.25, 0.3) is 0 Å². The van der Waals surface area contributed by atoms with Gasteiger partial charge in [0.05, 0.1) is 13.2 Å². The summed E-state index contributed by atoms with van der Waals surface area (Å²) in [5, 5.41) is 3.52. The molecular weight excluding hydrogens is 294 g/mol. The van der Waals surface area contributed by atoms with Gasteiger partial charge in [0.15, 0.2) is 0 Å². The first-order valence-corrected chi connectivity index (χ1v) is 7.31. The van der Waals surface area contributed by atoms with Crippen LogP contribution >= 0.6 is 15.9 Å². The highest BCUT2D eigenvalue weighted by Crippen LogP contribution is 2.23. The number of benzene rings is 1. The van der Waals surface area contributed by atoms with Crippen molar-refractivity contribution in [2.45, 2.75) is 32.4 Å². The Morgan fingerprint density at radius 2 is 2.39 bits per heavy atom. The number of hydrogen-bond donors (Lipinski definition) is 1. The Balaban J connectivity index is 1.97. The average Bonchev–Trinajstić information content (AvgIpc) is 2.88. The topological polar surface area (TPSA) is 30.5 Å². The molecule has 0 spiro atoms. The third-order valence-corrected chi connectivity index (χ3v) is 3.49. The van der Waals surface area contributed by atoms with Gasteiger partial charge in [0.25, 0.3) is 0 Å². The van der Waals surface area contributed by atoms with Gasteiger partial charge >= 0.3 is 0 Å². The predicted octanol–water partition coefficient (Wildman–Crippen LogP) is 3.12. The molecule has 0 saturated carbocycles. The molecule has 0 aromatic heterocycles. The lowest BCUT2D eigenvalue weighted by Gasteiger charge is -2.14. The summed E-state index contributed by atoms with van der Waals surface area (Å²) >= 11 is 3.51. The maximum absolute atomic E-state index is 5.76. The fourth-order valence-electron chi connectivity index (χ4n) is 1.99. The van der Waals surface area contributed by atoms with Crippen molar-refractivity contribution in [1.82, 2.24) is 5.32 Å². The Bertz CT molecular complexity index is 378. The number of hydrogen-bond acceptors (Lipinski definition) is 3. The zero-order valence-corrected chi connectivity index (χ0v) is 12.3. The Hall–Kier alpha value is -0.580. The first-order chi connectivity index (χ1) is 8.79. The van der Waals surface area contributed by atoms with Crippen molar-refractivity contribution < 1.29 is 9.47 Å². The molecule has 100 valence electrons. The van der Waals surface area contributed by atoms with Crippen LogP contribution in [0.4, 0.5) is 0 Å². The molecule has 1 aliphatic heterocycles. The Labute approximate surface area is 117 Å². The Kier molecular flexibility index (Phi) is 5.47. The second-order valence-electron chi connectivity index (χ2n) is 4.54. The lowest BCUT2D eigenvalue weighted by molar-refractivity contribution is 0.189. The van der Waals surface area contributed by atoms with Gasteiger partial charge in [-0.25, -0.2) is 0 Å². The number of ether oxygens (including phenoxy) is 2. The predicted molar refractivity (Wildman–Crippen MR) is 76.0 cm³/mol. The van der Waals surface area contributed by atoms with Crippen molar-refractivity contribution >= 4 is 15.9 Å². The van der Waals surface area contributed by atoms with Gasteiger partial charge in [-0.3, -0.25) is 0 Å². The summed E-state index contributed by atoms with van der Waals surface area (Å²) in [6.45, 7) is 5.40. The summed E-state index contributed by atoms with van der Waals surface area (Å²) < 4.78 is 12.2. The van der Waals surface area contributed by atoms with Crippen molar-refractivity contribution in [2.75, 3.05) is 19.8 Å². The highest BCUT2D eigenvalue weighted by atomic mass is 79.9. The second-order valence-corrected chi connectivity index (χ2v) is 5.46. The van der Waals surface area contributed by atoms with Crippen molar-refractivity contribution in [1.29, 1.82) is 0 Å². The van der Waals surface area contributed by atoms with Gasteiger partial charge in [0.1, 0.15) is 5.75 Å². The fraction of sp³-hybridized carbons (Fsp3) is 0.571. The largest absolute Gasteiger partial charge is 0.493 e. The highest BCUT2D eigenvalue weighted by molar-refractivity contribution is 9.10. The van der Waals surface area contributed by atoms with E-state index < -0.39 is 0 Å². The number of rotatable bonds is 6. The molecule has 2 rings (SSSR count). The summed E-state index contributed by atoms with van der Waals surface area (Å²) in [5.74, 6) is 0.978. The van der Waals surface area contributed by atoms with Crippen LogP contribution in [0.1, 0.15) is 25.3 Å². The Morgan fingerprint density at radius 3 is 3.11 bits per heavy atom. The van der Waals surface area contributed by atoms with Crippen molar-refractivity contribution in [3.63, 3.8) is 0 Å². The molecule has 1 unspecified atom stereocenters. The zero-order valence-electron chi connectivity index (χ0n) is 10.7. The summed E-state index contributed by atoms with van der Waals surface area (Å²) in [6, 6.07) is 6.64. The standard InChI is InChI=1S/C14H20BrNO2/c1-2-6-18-14-4-3-12(15)8-11(14)9-16-13-5-7-17-10-13/h3-4,8,13,16H,2,5-7,9-10H2,1H3. The van der Waals surface area contributed by atoms with Crippen LogP contribution < -0.4 is 10.1 Å². The van der Waals surface area contributed by atoms with E-state index in [-0.39, 0.29) is 0 Å². The Morgan fingerprint density at radius 1 is 1.50 bits per heavy atom. The van der Waals surface area contributed by atoms with Crippen molar-refractivity contribution in [3.8, 4) is 5.75 Å². The molecule has 1 saturated heterocycles. The van der Waals surface area contributed by atoms with E-state index in [0.29, 0.717) is 6.04 Å². The summed E-state index contributed by atoms with van der Waals surface area (Å²) in [5.41, 5.74) is 1.20. The van der Waals surface area contributed by atoms with E-state index >= 15 is 0 Å². The first-order valence-electron chi connectivity index (χ1n) is 6.52. The minimum atomic E-state index is 0.475. The van der Waals surface area contributed by atoms with Crippen molar-refractivity contribution in [2.24, 2.45) is 0 Å². The van der Waals surface area contributed by atoms with Gasteiger partial charge in [0, 0.05) is 29.2 Å². The normalized spacial score (nSPS) is 19.1. The molecule has 1 N–H and O–H groups in total. The molecular formula is C14H20BrNO2. The molecule has 4 heteroatoms. The van der Waals surface area contributed by atoms with E-state index in [2.05, 4.69) is 34.2 Å². The van der Waals surface area contributed by atoms with Gasteiger partial charge in [-0.1, -0.05) is 22.9 Å². The minimum Gasteiger partial charge on any atom is -0.493 e. The smallest absolute Gasteiger partial charge is 0.123 e. The van der Waals surface area contributed by atoms with Crippen LogP contribution in [0.5, 0.6) is 5.75 Å². The first kappa shape index (κ1) is 13.8. The van der Waals surface area contributed by atoms with E-state index in [9.17, 15) is 0 Å². The lowest BCUT2D eigenvalue weighted by Crippen LogP contribution is -2.28. The van der Waals surface area contributed by atoms with E-state index in [1.54, 1.807) is 0 Å². The maximum Gasteiger partial charge on any atom is 0.123 e. The van der Waals surface area contributed by atoms with Crippen LogP contribution in [-0.4, -0.2) is 25.9 Å². The van der Waals surface area contributed by atoms with Crippen LogP contribution in [0.2, 0.25) is 0 Å². The SMILES string of the molecule is CCCOc1ccc(Br)cc1CNC1CCOC1. The molecule has 18 heavy (non-hydrogen) atoms.